The number of hydrazine groups is 1. The fourth-order valence-corrected chi connectivity index (χ4v) is 2.56. The van der Waals surface area contributed by atoms with Crippen molar-refractivity contribution < 1.29 is 4.39 Å². The number of nitrogens with one attached hydrogen (secondary N) is 1. The number of aryl methyl sites for hydroxylation is 2. The number of aromatic nitrogens is 2. The number of benzene rings is 1. The maximum absolute atomic E-state index is 13.4. The van der Waals surface area contributed by atoms with Gasteiger partial charge in [-0.15, -0.1) is 0 Å². The smallest absolute Gasteiger partial charge is 0.123 e. The van der Waals surface area contributed by atoms with Crippen LogP contribution in [0.4, 0.5) is 4.39 Å². The van der Waals surface area contributed by atoms with E-state index in [1.54, 1.807) is 16.9 Å². The highest BCUT2D eigenvalue weighted by Crippen LogP contribution is 2.29. The van der Waals surface area contributed by atoms with E-state index in [0.29, 0.717) is 0 Å². The van der Waals surface area contributed by atoms with Crippen molar-refractivity contribution in [3.8, 4) is 0 Å². The van der Waals surface area contributed by atoms with Crippen molar-refractivity contribution in [1.82, 2.24) is 15.2 Å². The van der Waals surface area contributed by atoms with Gasteiger partial charge in [0.2, 0.25) is 0 Å². The molecule has 0 aliphatic rings. The van der Waals surface area contributed by atoms with Crippen LogP contribution in [-0.2, 0) is 7.05 Å². The molecule has 0 saturated heterocycles. The molecule has 0 fully saturated rings. The first-order valence-corrected chi connectivity index (χ1v) is 6.23. The summed E-state index contributed by atoms with van der Waals surface area (Å²) in [6.07, 6.45) is 1.69. The molecule has 0 amide bonds. The maximum atomic E-state index is 13.4. The molecule has 4 nitrogen and oxygen atoms in total. The van der Waals surface area contributed by atoms with Crippen molar-refractivity contribution in [1.29, 1.82) is 0 Å². The first-order valence-electron chi connectivity index (χ1n) is 5.44. The predicted molar refractivity (Wildman–Crippen MR) is 71.2 cm³/mol. The van der Waals surface area contributed by atoms with Crippen molar-refractivity contribution in [2.24, 2.45) is 12.9 Å². The van der Waals surface area contributed by atoms with E-state index >= 15 is 0 Å². The van der Waals surface area contributed by atoms with E-state index in [1.807, 2.05) is 14.0 Å². The van der Waals surface area contributed by atoms with Gasteiger partial charge in [0.15, 0.2) is 0 Å². The normalized spacial score (nSPS) is 12.7. The van der Waals surface area contributed by atoms with Crippen LogP contribution in [0.5, 0.6) is 0 Å². The topological polar surface area (TPSA) is 55.9 Å². The van der Waals surface area contributed by atoms with Gasteiger partial charge in [-0.3, -0.25) is 10.5 Å². The molecule has 1 atom stereocenters. The lowest BCUT2D eigenvalue weighted by atomic mass is 9.99. The minimum atomic E-state index is -0.317. The third-order valence-electron chi connectivity index (χ3n) is 2.93. The minimum absolute atomic E-state index is 0.283. The van der Waals surface area contributed by atoms with Crippen molar-refractivity contribution in [2.75, 3.05) is 0 Å². The first-order chi connectivity index (χ1) is 8.54. The monoisotopic (exact) mass is 312 g/mol. The summed E-state index contributed by atoms with van der Waals surface area (Å²) in [6.45, 7) is 1.92. The van der Waals surface area contributed by atoms with Crippen molar-refractivity contribution in [3.63, 3.8) is 0 Å². The molecule has 3 N–H and O–H groups in total. The molecule has 0 aliphatic heterocycles. The summed E-state index contributed by atoms with van der Waals surface area (Å²) < 4.78 is 15.9. The van der Waals surface area contributed by atoms with Crippen LogP contribution in [0.15, 0.2) is 28.9 Å². The fraction of sp³-hybridized carbons (Fsp3) is 0.250. The number of nitrogens with zero attached hydrogens (tertiary/aromatic N) is 2. The van der Waals surface area contributed by atoms with Gasteiger partial charge in [-0.05, 0) is 46.1 Å². The zero-order chi connectivity index (χ0) is 13.3. The van der Waals surface area contributed by atoms with Crippen molar-refractivity contribution in [3.05, 3.63) is 51.5 Å². The highest BCUT2D eigenvalue weighted by atomic mass is 79.9. The lowest BCUT2D eigenvalue weighted by Crippen LogP contribution is -2.31. The number of nitrogens with two attached hydrogens (primary N) is 1. The van der Waals surface area contributed by atoms with E-state index in [0.717, 1.165) is 21.3 Å². The zero-order valence-electron chi connectivity index (χ0n) is 10.1. The van der Waals surface area contributed by atoms with Crippen LogP contribution in [0.1, 0.15) is 22.9 Å². The molecule has 1 heterocycles. The molecule has 96 valence electrons. The molecule has 0 radical (unpaired) electrons. The molecular weight excluding hydrogens is 299 g/mol. The van der Waals surface area contributed by atoms with Gasteiger partial charge in [0.05, 0.1) is 22.4 Å². The summed E-state index contributed by atoms with van der Waals surface area (Å²) >= 11 is 3.43. The summed E-state index contributed by atoms with van der Waals surface area (Å²) in [5, 5.41) is 4.14. The van der Waals surface area contributed by atoms with Crippen LogP contribution in [-0.4, -0.2) is 9.78 Å². The molecule has 2 rings (SSSR count). The fourth-order valence-electron chi connectivity index (χ4n) is 1.98. The Labute approximate surface area is 113 Å². The highest BCUT2D eigenvalue weighted by molar-refractivity contribution is 9.10. The van der Waals surface area contributed by atoms with Gasteiger partial charge in [0, 0.05) is 7.05 Å². The van der Waals surface area contributed by atoms with Crippen molar-refractivity contribution >= 4 is 15.9 Å². The van der Waals surface area contributed by atoms with Crippen LogP contribution < -0.4 is 11.3 Å². The van der Waals surface area contributed by atoms with Gasteiger partial charge < -0.3 is 0 Å². The van der Waals surface area contributed by atoms with E-state index in [1.165, 1.54) is 12.1 Å². The Morgan fingerprint density at radius 2 is 2.22 bits per heavy atom. The van der Waals surface area contributed by atoms with Crippen LogP contribution in [0, 0.1) is 12.7 Å². The van der Waals surface area contributed by atoms with E-state index in [-0.39, 0.29) is 11.9 Å². The van der Waals surface area contributed by atoms with Gasteiger partial charge in [-0.2, -0.15) is 5.10 Å². The summed E-state index contributed by atoms with van der Waals surface area (Å²) in [5.74, 6) is 5.34. The Hall–Kier alpha value is -1.24. The Morgan fingerprint density at radius 1 is 1.50 bits per heavy atom. The summed E-state index contributed by atoms with van der Waals surface area (Å²) in [7, 11) is 1.82. The molecule has 6 heteroatoms. The molecule has 0 aliphatic carbocycles. The number of hydrogen-bond acceptors (Lipinski definition) is 3. The molecule has 2 aromatic rings. The van der Waals surface area contributed by atoms with Crippen LogP contribution >= 0.6 is 15.9 Å². The molecule has 1 unspecified atom stereocenters. The highest BCUT2D eigenvalue weighted by Gasteiger charge is 2.21. The van der Waals surface area contributed by atoms with Gasteiger partial charge in [0.1, 0.15) is 5.82 Å². The third-order valence-corrected chi connectivity index (χ3v) is 3.54. The molecular formula is C12H14BrFN4. The molecule has 18 heavy (non-hydrogen) atoms. The molecule has 0 saturated carbocycles. The average molecular weight is 313 g/mol. The predicted octanol–water partition coefficient (Wildman–Crippen LogP) is 2.18. The SMILES string of the molecule is Cc1ccc(F)cc1C(NN)c1c(Br)cnn1C. The van der Waals surface area contributed by atoms with E-state index in [9.17, 15) is 4.39 Å². The Bertz CT molecular complexity index is 548. The zero-order valence-corrected chi connectivity index (χ0v) is 11.7. The van der Waals surface area contributed by atoms with Crippen LogP contribution in [0.3, 0.4) is 0 Å². The second-order valence-electron chi connectivity index (χ2n) is 4.10. The molecule has 0 bridgehead atoms. The van der Waals surface area contributed by atoms with Gasteiger partial charge in [-0.1, -0.05) is 6.07 Å². The lowest BCUT2D eigenvalue weighted by molar-refractivity contribution is 0.562. The number of hydrogen-bond donors (Lipinski definition) is 2. The standard InChI is InChI=1S/C12H14BrFN4/c1-7-3-4-8(14)5-9(7)11(17-15)12-10(13)6-16-18(12)2/h3-6,11,17H,15H2,1-2H3. The lowest BCUT2D eigenvalue weighted by Gasteiger charge is -2.19. The quantitative estimate of drug-likeness (QED) is 0.674. The summed E-state index contributed by atoms with van der Waals surface area (Å²) in [5.41, 5.74) is 5.32. The maximum Gasteiger partial charge on any atom is 0.123 e. The Morgan fingerprint density at radius 3 is 2.78 bits per heavy atom. The Balaban J connectivity index is 2.55. The largest absolute Gasteiger partial charge is 0.271 e. The van der Waals surface area contributed by atoms with Gasteiger partial charge in [0.25, 0.3) is 0 Å². The second kappa shape index (κ2) is 5.17. The third kappa shape index (κ3) is 2.31. The van der Waals surface area contributed by atoms with E-state index in [4.69, 9.17) is 5.84 Å². The second-order valence-corrected chi connectivity index (χ2v) is 4.96. The van der Waals surface area contributed by atoms with Crippen molar-refractivity contribution in [2.45, 2.75) is 13.0 Å². The summed E-state index contributed by atoms with van der Waals surface area (Å²) in [6, 6.07) is 4.34. The Kier molecular flexibility index (Phi) is 3.79. The van der Waals surface area contributed by atoms with E-state index in [2.05, 4.69) is 26.5 Å². The summed E-state index contributed by atoms with van der Waals surface area (Å²) in [4.78, 5) is 0. The van der Waals surface area contributed by atoms with Crippen LogP contribution in [0.2, 0.25) is 0 Å². The minimum Gasteiger partial charge on any atom is -0.271 e. The van der Waals surface area contributed by atoms with E-state index < -0.39 is 0 Å². The average Bonchev–Trinajstić information content (AvgIpc) is 2.66. The van der Waals surface area contributed by atoms with Gasteiger partial charge >= 0.3 is 0 Å². The van der Waals surface area contributed by atoms with Crippen LogP contribution in [0.25, 0.3) is 0 Å². The first kappa shape index (κ1) is 13.2. The number of rotatable bonds is 3. The number of halogens is 2. The molecule has 0 spiro atoms. The molecule has 1 aromatic heterocycles. The molecule has 1 aromatic carbocycles. The van der Waals surface area contributed by atoms with Gasteiger partial charge in [-0.25, -0.2) is 9.82 Å².